The third-order valence-corrected chi connectivity index (χ3v) is 3.64. The fourth-order valence-electron chi connectivity index (χ4n) is 2.41. The molecule has 0 bridgehead atoms. The van der Waals surface area contributed by atoms with Gasteiger partial charge in [0, 0.05) is 6.07 Å². The van der Waals surface area contributed by atoms with Gasteiger partial charge in [-0.05, 0) is 31.1 Å². The molecule has 0 saturated heterocycles. The summed E-state index contributed by atoms with van der Waals surface area (Å²) in [6.45, 7) is 4.90. The largest absolute Gasteiger partial charge is 0.483 e. The number of hydrogen-bond acceptors (Lipinski definition) is 4. The molecule has 0 aliphatic rings. The van der Waals surface area contributed by atoms with E-state index in [-0.39, 0.29) is 0 Å². The molecule has 3 aromatic rings. The van der Waals surface area contributed by atoms with E-state index in [1.54, 1.807) is 0 Å². The lowest BCUT2D eigenvalue weighted by atomic mass is 10.2. The van der Waals surface area contributed by atoms with Gasteiger partial charge in [-0.25, -0.2) is 0 Å². The van der Waals surface area contributed by atoms with Crippen LogP contribution >= 0.6 is 0 Å². The van der Waals surface area contributed by atoms with Gasteiger partial charge in [0.1, 0.15) is 13.2 Å². The molecule has 26 heavy (non-hydrogen) atoms. The van der Waals surface area contributed by atoms with Crippen molar-refractivity contribution in [2.75, 3.05) is 0 Å². The van der Waals surface area contributed by atoms with Gasteiger partial charge in [-0.3, -0.25) is 0 Å². The monoisotopic (exact) mass is 346 g/mol. The van der Waals surface area contributed by atoms with Gasteiger partial charge in [0.2, 0.25) is 0 Å². The molecule has 0 amide bonds. The molecule has 0 N–H and O–H groups in total. The van der Waals surface area contributed by atoms with Crippen LogP contribution in [0.15, 0.2) is 72.3 Å². The fourth-order valence-corrected chi connectivity index (χ4v) is 2.41. The molecule has 3 rings (SSSR count). The second kappa shape index (κ2) is 8.81. The minimum Gasteiger partial charge on any atom is -0.483 e. The van der Waals surface area contributed by atoms with Crippen LogP contribution < -0.4 is 9.47 Å². The summed E-state index contributed by atoms with van der Waals surface area (Å²) in [6.07, 6.45) is 1.96. The van der Waals surface area contributed by atoms with Gasteiger partial charge in [-0.15, -0.1) is 10.2 Å². The standard InChI is InChI=1S/C22H22N2O2/c1-17(2)13-20-14-21(25-15-18-9-5-3-6-10-18)22(24-23-20)26-16-19-11-7-4-8-12-19/h3-14H,15-16H2,1-2H3. The summed E-state index contributed by atoms with van der Waals surface area (Å²) >= 11 is 0. The van der Waals surface area contributed by atoms with Gasteiger partial charge in [-0.2, -0.15) is 0 Å². The Morgan fingerprint density at radius 1 is 0.808 bits per heavy atom. The summed E-state index contributed by atoms with van der Waals surface area (Å²) in [7, 11) is 0. The first-order chi connectivity index (χ1) is 12.7. The van der Waals surface area contributed by atoms with E-state index in [1.807, 2.05) is 86.7 Å². The van der Waals surface area contributed by atoms with E-state index in [4.69, 9.17) is 9.47 Å². The van der Waals surface area contributed by atoms with Crippen molar-refractivity contribution in [1.29, 1.82) is 0 Å². The van der Waals surface area contributed by atoms with Crippen molar-refractivity contribution in [3.63, 3.8) is 0 Å². The molecule has 4 heteroatoms. The Morgan fingerprint density at radius 3 is 1.96 bits per heavy atom. The lowest BCUT2D eigenvalue weighted by Gasteiger charge is -2.12. The van der Waals surface area contributed by atoms with Gasteiger partial charge in [0.25, 0.3) is 5.88 Å². The predicted molar refractivity (Wildman–Crippen MR) is 103 cm³/mol. The van der Waals surface area contributed by atoms with E-state index in [0.717, 1.165) is 22.4 Å². The van der Waals surface area contributed by atoms with Crippen molar-refractivity contribution in [1.82, 2.24) is 10.2 Å². The molecule has 0 atom stereocenters. The highest BCUT2D eigenvalue weighted by atomic mass is 16.5. The Kier molecular flexibility index (Phi) is 5.99. The summed E-state index contributed by atoms with van der Waals surface area (Å²) in [6, 6.07) is 21.8. The highest BCUT2D eigenvalue weighted by molar-refractivity contribution is 5.51. The van der Waals surface area contributed by atoms with Crippen LogP contribution in [-0.4, -0.2) is 10.2 Å². The van der Waals surface area contributed by atoms with Gasteiger partial charge in [-0.1, -0.05) is 66.2 Å². The second-order valence-electron chi connectivity index (χ2n) is 6.21. The first-order valence-corrected chi connectivity index (χ1v) is 8.57. The number of nitrogens with zero attached hydrogens (tertiary/aromatic N) is 2. The Bertz CT molecular complexity index is 858. The molecule has 0 fully saturated rings. The zero-order chi connectivity index (χ0) is 18.2. The molecular weight excluding hydrogens is 324 g/mol. The van der Waals surface area contributed by atoms with Crippen LogP contribution in [0.2, 0.25) is 0 Å². The number of aromatic nitrogens is 2. The van der Waals surface area contributed by atoms with Crippen LogP contribution in [0.25, 0.3) is 6.08 Å². The predicted octanol–water partition coefficient (Wildman–Crippen LogP) is 5.06. The number of allylic oxidation sites excluding steroid dienone is 1. The molecular formula is C22H22N2O2. The van der Waals surface area contributed by atoms with Gasteiger partial charge < -0.3 is 9.47 Å². The third kappa shape index (κ3) is 5.18. The Morgan fingerprint density at radius 2 is 1.38 bits per heavy atom. The lowest BCUT2D eigenvalue weighted by Crippen LogP contribution is -2.04. The highest BCUT2D eigenvalue weighted by Gasteiger charge is 2.10. The second-order valence-corrected chi connectivity index (χ2v) is 6.21. The molecule has 0 spiro atoms. The van der Waals surface area contributed by atoms with E-state index in [0.29, 0.717) is 24.8 Å². The number of ether oxygens (including phenoxy) is 2. The third-order valence-electron chi connectivity index (χ3n) is 3.64. The maximum atomic E-state index is 5.98. The van der Waals surface area contributed by atoms with E-state index in [2.05, 4.69) is 10.2 Å². The summed E-state index contributed by atoms with van der Waals surface area (Å²) in [4.78, 5) is 0. The van der Waals surface area contributed by atoms with Crippen LogP contribution in [0.3, 0.4) is 0 Å². The molecule has 0 radical (unpaired) electrons. The Hall–Kier alpha value is -3.14. The van der Waals surface area contributed by atoms with Crippen molar-refractivity contribution < 1.29 is 9.47 Å². The molecule has 0 unspecified atom stereocenters. The first-order valence-electron chi connectivity index (χ1n) is 8.57. The normalized spacial score (nSPS) is 10.2. The lowest BCUT2D eigenvalue weighted by molar-refractivity contribution is 0.244. The molecule has 132 valence electrons. The molecule has 0 aliphatic carbocycles. The quantitative estimate of drug-likeness (QED) is 0.600. The van der Waals surface area contributed by atoms with Gasteiger partial charge in [0.15, 0.2) is 5.75 Å². The topological polar surface area (TPSA) is 44.2 Å². The maximum absolute atomic E-state index is 5.98. The van der Waals surface area contributed by atoms with E-state index < -0.39 is 0 Å². The van der Waals surface area contributed by atoms with Crippen LogP contribution in [0.5, 0.6) is 11.6 Å². The van der Waals surface area contributed by atoms with Crippen molar-refractivity contribution in [2.45, 2.75) is 27.1 Å². The molecule has 4 nitrogen and oxygen atoms in total. The number of benzene rings is 2. The Balaban J connectivity index is 1.78. The number of hydrogen-bond donors (Lipinski definition) is 0. The first kappa shape index (κ1) is 17.7. The van der Waals surface area contributed by atoms with Crippen LogP contribution in [-0.2, 0) is 13.2 Å². The average Bonchev–Trinajstić information content (AvgIpc) is 2.67. The van der Waals surface area contributed by atoms with Crippen molar-refractivity contribution in [3.8, 4) is 11.6 Å². The Labute approximate surface area is 154 Å². The summed E-state index contributed by atoms with van der Waals surface area (Å²) in [5, 5.41) is 8.43. The smallest absolute Gasteiger partial charge is 0.276 e. The zero-order valence-electron chi connectivity index (χ0n) is 15.1. The van der Waals surface area contributed by atoms with Crippen LogP contribution in [0.1, 0.15) is 30.7 Å². The summed E-state index contributed by atoms with van der Waals surface area (Å²) in [5.41, 5.74) is 4.05. The molecule has 0 aliphatic heterocycles. The van der Waals surface area contributed by atoms with Crippen molar-refractivity contribution in [2.24, 2.45) is 0 Å². The SMILES string of the molecule is CC(C)=Cc1cc(OCc2ccccc2)c(OCc2ccccc2)nn1. The summed E-state index contributed by atoms with van der Waals surface area (Å²) in [5.74, 6) is 0.989. The van der Waals surface area contributed by atoms with Crippen LogP contribution in [0, 0.1) is 0 Å². The molecule has 1 heterocycles. The fraction of sp³-hybridized carbons (Fsp3) is 0.182. The molecule has 2 aromatic carbocycles. The van der Waals surface area contributed by atoms with Gasteiger partial charge >= 0.3 is 0 Å². The van der Waals surface area contributed by atoms with Crippen LogP contribution in [0.4, 0.5) is 0 Å². The van der Waals surface area contributed by atoms with E-state index >= 15 is 0 Å². The van der Waals surface area contributed by atoms with Gasteiger partial charge in [0.05, 0.1) is 5.69 Å². The minimum absolute atomic E-state index is 0.399. The molecule has 0 saturated carbocycles. The highest BCUT2D eigenvalue weighted by Crippen LogP contribution is 2.27. The van der Waals surface area contributed by atoms with Crippen molar-refractivity contribution in [3.05, 3.63) is 89.1 Å². The van der Waals surface area contributed by atoms with E-state index in [9.17, 15) is 0 Å². The van der Waals surface area contributed by atoms with E-state index in [1.165, 1.54) is 0 Å². The molecule has 1 aromatic heterocycles. The zero-order valence-corrected chi connectivity index (χ0v) is 15.1. The number of rotatable bonds is 7. The summed E-state index contributed by atoms with van der Waals surface area (Å²) < 4.78 is 11.8. The van der Waals surface area contributed by atoms with Crippen molar-refractivity contribution >= 4 is 6.08 Å². The maximum Gasteiger partial charge on any atom is 0.276 e. The minimum atomic E-state index is 0.399. The average molecular weight is 346 g/mol.